The van der Waals surface area contributed by atoms with Gasteiger partial charge in [-0.3, -0.25) is 0 Å². The Hall–Kier alpha value is -2.23. The molecule has 4 rings (SSSR count). The zero-order chi connectivity index (χ0) is 17.4. The number of hydrogen-bond acceptors (Lipinski definition) is 5. The van der Waals surface area contributed by atoms with E-state index in [1.807, 2.05) is 24.3 Å². The van der Waals surface area contributed by atoms with Crippen LogP contribution in [0.15, 0.2) is 39.8 Å². The van der Waals surface area contributed by atoms with Gasteiger partial charge in [0, 0.05) is 21.0 Å². The van der Waals surface area contributed by atoms with Crippen LogP contribution in [0.25, 0.3) is 5.76 Å². The maximum atomic E-state index is 12.2. The number of carbonyl (C=O) groups excluding carboxylic acids is 1. The molecule has 0 spiro atoms. The lowest BCUT2D eigenvalue weighted by atomic mass is 9.96. The molecule has 4 nitrogen and oxygen atoms in total. The van der Waals surface area contributed by atoms with E-state index < -0.39 is 5.97 Å². The van der Waals surface area contributed by atoms with Gasteiger partial charge in [-0.15, -0.1) is 11.3 Å². The second kappa shape index (κ2) is 6.58. The summed E-state index contributed by atoms with van der Waals surface area (Å²) >= 11 is 4.91. The molecule has 1 aliphatic carbocycles. The molecule has 0 N–H and O–H groups in total. The first-order valence-corrected chi connectivity index (χ1v) is 9.60. The number of nitrogens with zero attached hydrogens (tertiary/aromatic N) is 2. The van der Waals surface area contributed by atoms with E-state index in [0.29, 0.717) is 16.3 Å². The first kappa shape index (κ1) is 16.2. The Balaban J connectivity index is 1.72. The minimum Gasteiger partial charge on any atom is -0.421 e. The molecule has 0 radical (unpaired) electrons. The third-order valence-electron chi connectivity index (χ3n) is 4.29. The number of cyclic esters (lactones) is 1. The van der Waals surface area contributed by atoms with Crippen LogP contribution in [0.4, 0.5) is 5.00 Å². The van der Waals surface area contributed by atoms with Gasteiger partial charge in [0.1, 0.15) is 16.8 Å². The first-order valence-electron chi connectivity index (χ1n) is 7.99. The van der Waals surface area contributed by atoms with Gasteiger partial charge in [0.2, 0.25) is 0 Å². The van der Waals surface area contributed by atoms with Crippen molar-refractivity contribution in [2.45, 2.75) is 25.7 Å². The monoisotopic (exact) mass is 412 g/mol. The Labute approximate surface area is 157 Å². The van der Waals surface area contributed by atoms with Crippen molar-refractivity contribution in [1.29, 1.82) is 5.26 Å². The number of halogens is 1. The van der Waals surface area contributed by atoms with E-state index in [2.05, 4.69) is 27.0 Å². The first-order chi connectivity index (χ1) is 12.2. The second-order valence-corrected chi connectivity index (χ2v) is 7.90. The van der Waals surface area contributed by atoms with Crippen molar-refractivity contribution in [3.63, 3.8) is 0 Å². The summed E-state index contributed by atoms with van der Waals surface area (Å²) in [5.41, 5.74) is 2.79. The number of aliphatic imine (C=N–C) groups is 1. The van der Waals surface area contributed by atoms with Crippen molar-refractivity contribution in [2.24, 2.45) is 4.99 Å². The zero-order valence-corrected chi connectivity index (χ0v) is 15.6. The number of thiophene rings is 1. The molecule has 0 atom stereocenters. The maximum Gasteiger partial charge on any atom is 0.362 e. The van der Waals surface area contributed by atoms with Crippen LogP contribution < -0.4 is 0 Å². The molecule has 2 heterocycles. The van der Waals surface area contributed by atoms with Gasteiger partial charge in [-0.2, -0.15) is 5.26 Å². The fraction of sp³-hybridized carbons (Fsp3) is 0.211. The third-order valence-corrected chi connectivity index (χ3v) is 6.01. The number of carbonyl (C=O) groups is 1. The van der Waals surface area contributed by atoms with E-state index >= 15 is 0 Å². The van der Waals surface area contributed by atoms with Crippen LogP contribution in [0, 0.1) is 11.3 Å². The molecule has 0 fully saturated rings. The van der Waals surface area contributed by atoms with E-state index in [9.17, 15) is 10.1 Å². The van der Waals surface area contributed by atoms with Crippen LogP contribution in [0.5, 0.6) is 0 Å². The van der Waals surface area contributed by atoms with Gasteiger partial charge in [-0.05, 0) is 43.4 Å². The van der Waals surface area contributed by atoms with Crippen molar-refractivity contribution < 1.29 is 9.53 Å². The lowest BCUT2D eigenvalue weighted by molar-refractivity contribution is -0.128. The molecule has 25 heavy (non-hydrogen) atoms. The zero-order valence-electron chi connectivity index (χ0n) is 13.2. The predicted octanol–water partition coefficient (Wildman–Crippen LogP) is 4.93. The normalized spacial score (nSPS) is 17.8. The molecule has 1 aromatic heterocycles. The number of hydrogen-bond donors (Lipinski definition) is 0. The van der Waals surface area contributed by atoms with Crippen LogP contribution in [0.1, 0.15) is 34.4 Å². The molecule has 0 unspecified atom stereocenters. The predicted molar refractivity (Wildman–Crippen MR) is 101 cm³/mol. The van der Waals surface area contributed by atoms with Crippen molar-refractivity contribution in [1.82, 2.24) is 0 Å². The van der Waals surface area contributed by atoms with Gasteiger partial charge >= 0.3 is 5.97 Å². The Bertz CT molecular complexity index is 965. The van der Waals surface area contributed by atoms with Crippen LogP contribution in [-0.4, -0.2) is 11.7 Å². The molecule has 1 aliphatic heterocycles. The molecule has 124 valence electrons. The quantitative estimate of drug-likeness (QED) is 0.656. The minimum absolute atomic E-state index is 0.244. The highest BCUT2D eigenvalue weighted by Gasteiger charge is 2.26. The number of rotatable bonds is 2. The average Bonchev–Trinajstić information content (AvgIpc) is 3.16. The SMILES string of the molecule is N#Cc1c(N=C2C=C(c3ccc(Br)cc3)OC2=O)sc2c1CCCC2. The van der Waals surface area contributed by atoms with Gasteiger partial charge in [-0.25, -0.2) is 9.79 Å². The molecule has 0 amide bonds. The Morgan fingerprint density at radius 2 is 1.96 bits per heavy atom. The molecule has 0 saturated heterocycles. The summed E-state index contributed by atoms with van der Waals surface area (Å²) in [4.78, 5) is 17.9. The third kappa shape index (κ3) is 3.06. The number of fused-ring (bicyclic) bond motifs is 1. The fourth-order valence-corrected chi connectivity index (χ4v) is 4.54. The standard InChI is InChI=1S/C19H13BrN2O2S/c20-12-7-5-11(6-8-12)16-9-15(19(23)24-16)22-18-14(10-21)13-3-1-2-4-17(13)25-18/h5-9H,1-4H2. The Kier molecular flexibility index (Phi) is 4.28. The van der Waals surface area contributed by atoms with Crippen LogP contribution >= 0.6 is 27.3 Å². The van der Waals surface area contributed by atoms with Crippen LogP contribution in [0.3, 0.4) is 0 Å². The Morgan fingerprint density at radius 1 is 1.20 bits per heavy atom. The maximum absolute atomic E-state index is 12.2. The van der Waals surface area contributed by atoms with Crippen LogP contribution in [-0.2, 0) is 22.4 Å². The number of ether oxygens (including phenoxy) is 1. The summed E-state index contributed by atoms with van der Waals surface area (Å²) in [6.45, 7) is 0. The van der Waals surface area contributed by atoms with Gasteiger partial charge < -0.3 is 4.74 Å². The van der Waals surface area contributed by atoms with E-state index in [0.717, 1.165) is 41.3 Å². The van der Waals surface area contributed by atoms with Gasteiger partial charge in [0.15, 0.2) is 5.71 Å². The summed E-state index contributed by atoms with van der Waals surface area (Å²) in [5.74, 6) is 0.00394. The fourth-order valence-electron chi connectivity index (χ4n) is 3.05. The summed E-state index contributed by atoms with van der Waals surface area (Å²) < 4.78 is 6.30. The summed E-state index contributed by atoms with van der Waals surface area (Å²) in [5, 5.41) is 10.1. The lowest BCUT2D eigenvalue weighted by Crippen LogP contribution is -2.06. The van der Waals surface area contributed by atoms with E-state index in [1.165, 1.54) is 16.2 Å². The number of aryl methyl sites for hydroxylation is 1. The molecular weight excluding hydrogens is 400 g/mol. The molecular formula is C19H13BrN2O2S. The van der Waals surface area contributed by atoms with Crippen molar-refractivity contribution >= 4 is 49.7 Å². The lowest BCUT2D eigenvalue weighted by Gasteiger charge is -2.09. The molecule has 2 aliphatic rings. The highest BCUT2D eigenvalue weighted by molar-refractivity contribution is 9.10. The molecule has 0 bridgehead atoms. The topological polar surface area (TPSA) is 62.4 Å². The summed E-state index contributed by atoms with van der Waals surface area (Å²) in [6, 6.07) is 9.79. The minimum atomic E-state index is -0.479. The summed E-state index contributed by atoms with van der Waals surface area (Å²) in [6.07, 6.45) is 5.80. The van der Waals surface area contributed by atoms with Gasteiger partial charge in [0.25, 0.3) is 0 Å². The average molecular weight is 413 g/mol. The van der Waals surface area contributed by atoms with Crippen molar-refractivity contribution in [2.75, 3.05) is 0 Å². The van der Waals surface area contributed by atoms with E-state index in [4.69, 9.17) is 4.74 Å². The van der Waals surface area contributed by atoms with E-state index in [-0.39, 0.29) is 5.71 Å². The molecule has 0 saturated carbocycles. The number of esters is 1. The molecule has 6 heteroatoms. The second-order valence-electron chi connectivity index (χ2n) is 5.90. The summed E-state index contributed by atoms with van der Waals surface area (Å²) in [7, 11) is 0. The molecule has 1 aromatic carbocycles. The van der Waals surface area contributed by atoms with Gasteiger partial charge in [-0.1, -0.05) is 28.1 Å². The van der Waals surface area contributed by atoms with Crippen molar-refractivity contribution in [3.05, 3.63) is 56.4 Å². The highest BCUT2D eigenvalue weighted by atomic mass is 79.9. The highest BCUT2D eigenvalue weighted by Crippen LogP contribution is 2.40. The largest absolute Gasteiger partial charge is 0.421 e. The van der Waals surface area contributed by atoms with Crippen LogP contribution in [0.2, 0.25) is 0 Å². The number of benzene rings is 1. The molecule has 2 aromatic rings. The number of nitriles is 1. The van der Waals surface area contributed by atoms with Gasteiger partial charge in [0.05, 0.1) is 5.56 Å². The van der Waals surface area contributed by atoms with Crippen molar-refractivity contribution in [3.8, 4) is 6.07 Å². The van der Waals surface area contributed by atoms with E-state index in [1.54, 1.807) is 6.08 Å². The Morgan fingerprint density at radius 3 is 2.72 bits per heavy atom. The smallest absolute Gasteiger partial charge is 0.362 e.